The van der Waals surface area contributed by atoms with E-state index in [9.17, 15) is 0 Å². The zero-order chi connectivity index (χ0) is 10.1. The van der Waals surface area contributed by atoms with E-state index < -0.39 is 0 Å². The van der Waals surface area contributed by atoms with Crippen LogP contribution in [0.15, 0.2) is 47.6 Å². The molecule has 3 heteroatoms. The molecule has 74 valence electrons. The predicted octanol–water partition coefficient (Wildman–Crippen LogP) is 2.54. The van der Waals surface area contributed by atoms with Gasteiger partial charge < -0.3 is 9.88 Å². The highest BCUT2D eigenvalue weighted by Gasteiger charge is 2.14. The van der Waals surface area contributed by atoms with Crippen molar-refractivity contribution in [3.63, 3.8) is 0 Å². The zero-order valence-corrected chi connectivity index (χ0v) is 8.22. The maximum Gasteiger partial charge on any atom is 0.116 e. The predicted molar refractivity (Wildman–Crippen MR) is 61.8 cm³/mol. The summed E-state index contributed by atoms with van der Waals surface area (Å²) in [6.07, 6.45) is 3.85. The molecule has 1 aromatic carbocycles. The van der Waals surface area contributed by atoms with Gasteiger partial charge in [-0.2, -0.15) is 0 Å². The van der Waals surface area contributed by atoms with Crippen LogP contribution in [-0.2, 0) is 0 Å². The smallest absolute Gasteiger partial charge is 0.116 e. The van der Waals surface area contributed by atoms with Crippen molar-refractivity contribution in [2.24, 2.45) is 4.99 Å². The van der Waals surface area contributed by atoms with E-state index in [-0.39, 0.29) is 0 Å². The normalized spacial score (nSPS) is 14.0. The molecule has 1 aromatic heterocycles. The molecule has 15 heavy (non-hydrogen) atoms. The minimum absolute atomic E-state index is 0.678. The number of hydrogen-bond acceptors (Lipinski definition) is 2. The molecule has 2 heterocycles. The first-order valence-electron chi connectivity index (χ1n) is 4.95. The third-order valence-electron chi connectivity index (χ3n) is 2.55. The molecule has 0 atom stereocenters. The maximum atomic E-state index is 4.34. The fourth-order valence-electron chi connectivity index (χ4n) is 1.83. The summed E-state index contributed by atoms with van der Waals surface area (Å²) < 4.78 is 0. The minimum Gasteiger partial charge on any atom is -0.348 e. The van der Waals surface area contributed by atoms with Crippen LogP contribution >= 0.6 is 0 Å². The van der Waals surface area contributed by atoms with Crippen molar-refractivity contribution in [1.29, 1.82) is 0 Å². The van der Waals surface area contributed by atoms with Crippen molar-refractivity contribution < 1.29 is 0 Å². The van der Waals surface area contributed by atoms with Gasteiger partial charge in [0.2, 0.25) is 0 Å². The van der Waals surface area contributed by atoms with Gasteiger partial charge in [0.1, 0.15) is 12.5 Å². The summed E-state index contributed by atoms with van der Waals surface area (Å²) in [5, 5.41) is 0. The molecule has 0 aliphatic carbocycles. The highest BCUT2D eigenvalue weighted by molar-refractivity contribution is 5.91. The standard InChI is InChI=1S/C12H11N3/c1-2-5-11-10(4-1)8-13-9-15(11)12-6-3-7-14-12/h1-8,14H,9H2. The Balaban J connectivity index is 2.10. The van der Waals surface area contributed by atoms with E-state index in [1.165, 1.54) is 11.3 Å². The van der Waals surface area contributed by atoms with E-state index >= 15 is 0 Å². The monoisotopic (exact) mass is 197 g/mol. The average Bonchev–Trinajstić information content (AvgIpc) is 2.82. The van der Waals surface area contributed by atoms with E-state index in [4.69, 9.17) is 0 Å². The third-order valence-corrected chi connectivity index (χ3v) is 2.55. The van der Waals surface area contributed by atoms with Crippen LogP contribution in [-0.4, -0.2) is 17.9 Å². The first-order valence-corrected chi connectivity index (χ1v) is 4.95. The molecule has 0 spiro atoms. The highest BCUT2D eigenvalue weighted by Crippen LogP contribution is 2.28. The number of aliphatic imine (C=N–C) groups is 1. The molecule has 0 radical (unpaired) electrons. The van der Waals surface area contributed by atoms with Crippen molar-refractivity contribution in [1.82, 2.24) is 4.98 Å². The van der Waals surface area contributed by atoms with E-state index in [0.29, 0.717) is 6.67 Å². The topological polar surface area (TPSA) is 31.4 Å². The average molecular weight is 197 g/mol. The Bertz CT molecular complexity index is 485. The Kier molecular flexibility index (Phi) is 1.81. The molecular weight excluding hydrogens is 186 g/mol. The molecule has 0 bridgehead atoms. The molecule has 1 aliphatic heterocycles. The van der Waals surface area contributed by atoms with Crippen molar-refractivity contribution in [3.8, 4) is 0 Å². The van der Waals surface area contributed by atoms with Crippen LogP contribution in [0.2, 0.25) is 0 Å². The second-order valence-corrected chi connectivity index (χ2v) is 3.50. The molecule has 0 saturated heterocycles. The van der Waals surface area contributed by atoms with Crippen LogP contribution in [0.1, 0.15) is 5.56 Å². The molecule has 0 fully saturated rings. The van der Waals surface area contributed by atoms with Crippen molar-refractivity contribution in [2.75, 3.05) is 11.6 Å². The molecule has 3 rings (SSSR count). The van der Waals surface area contributed by atoms with Crippen molar-refractivity contribution in [2.45, 2.75) is 0 Å². The number of para-hydroxylation sites is 1. The van der Waals surface area contributed by atoms with Gasteiger partial charge in [-0.1, -0.05) is 18.2 Å². The molecule has 0 unspecified atom stereocenters. The number of rotatable bonds is 1. The molecule has 3 nitrogen and oxygen atoms in total. The Labute approximate surface area is 88.1 Å². The van der Waals surface area contributed by atoms with Crippen LogP contribution in [0, 0.1) is 0 Å². The molecule has 0 saturated carbocycles. The Hall–Kier alpha value is -2.03. The fourth-order valence-corrected chi connectivity index (χ4v) is 1.83. The number of aromatic amines is 1. The van der Waals surface area contributed by atoms with E-state index in [1.54, 1.807) is 0 Å². The second-order valence-electron chi connectivity index (χ2n) is 3.50. The van der Waals surface area contributed by atoms with Crippen molar-refractivity contribution >= 4 is 17.7 Å². The van der Waals surface area contributed by atoms with Gasteiger partial charge in [0.05, 0.1) is 5.69 Å². The molecule has 1 N–H and O–H groups in total. The SMILES string of the molecule is C1=NCN(c2ccc[nH]2)c2ccccc21. The number of fused-ring (bicyclic) bond motifs is 1. The summed E-state index contributed by atoms with van der Waals surface area (Å²) in [4.78, 5) is 9.70. The third kappa shape index (κ3) is 1.32. The minimum atomic E-state index is 0.678. The van der Waals surface area contributed by atoms with Gasteiger partial charge in [-0.3, -0.25) is 4.99 Å². The maximum absolute atomic E-state index is 4.34. The highest BCUT2D eigenvalue weighted by atomic mass is 15.3. The summed E-state index contributed by atoms with van der Waals surface area (Å²) in [6, 6.07) is 12.3. The number of nitrogens with one attached hydrogen (secondary N) is 1. The summed E-state index contributed by atoms with van der Waals surface area (Å²) in [6.45, 7) is 0.678. The number of nitrogens with zero attached hydrogens (tertiary/aromatic N) is 2. The van der Waals surface area contributed by atoms with Gasteiger partial charge in [-0.25, -0.2) is 0 Å². The van der Waals surface area contributed by atoms with Crippen LogP contribution in [0.5, 0.6) is 0 Å². The lowest BCUT2D eigenvalue weighted by atomic mass is 10.1. The van der Waals surface area contributed by atoms with Gasteiger partial charge >= 0.3 is 0 Å². The number of benzene rings is 1. The Morgan fingerprint density at radius 3 is 2.93 bits per heavy atom. The van der Waals surface area contributed by atoms with E-state index in [0.717, 1.165) is 5.82 Å². The van der Waals surface area contributed by atoms with Gasteiger partial charge in [0, 0.05) is 18.0 Å². The van der Waals surface area contributed by atoms with Gasteiger partial charge in [0.15, 0.2) is 0 Å². The van der Waals surface area contributed by atoms with Crippen molar-refractivity contribution in [3.05, 3.63) is 48.2 Å². The van der Waals surface area contributed by atoms with Crippen LogP contribution in [0.4, 0.5) is 11.5 Å². The molecular formula is C12H11N3. The van der Waals surface area contributed by atoms with Crippen LogP contribution < -0.4 is 4.90 Å². The second kappa shape index (κ2) is 3.28. The fraction of sp³-hybridized carbons (Fsp3) is 0.0833. The number of aromatic nitrogens is 1. The number of hydrogen-bond donors (Lipinski definition) is 1. The Morgan fingerprint density at radius 2 is 2.07 bits per heavy atom. The molecule has 0 amide bonds. The zero-order valence-electron chi connectivity index (χ0n) is 8.22. The lowest BCUT2D eigenvalue weighted by molar-refractivity contribution is 0.953. The summed E-state index contributed by atoms with van der Waals surface area (Å²) in [5.74, 6) is 1.08. The lowest BCUT2D eigenvalue weighted by Crippen LogP contribution is -2.21. The summed E-state index contributed by atoms with van der Waals surface area (Å²) in [5.41, 5.74) is 2.37. The van der Waals surface area contributed by atoms with Gasteiger partial charge in [-0.05, 0) is 18.2 Å². The van der Waals surface area contributed by atoms with E-state index in [1.807, 2.05) is 30.6 Å². The van der Waals surface area contributed by atoms with Gasteiger partial charge in [-0.15, -0.1) is 0 Å². The largest absolute Gasteiger partial charge is 0.348 e. The van der Waals surface area contributed by atoms with Crippen LogP contribution in [0.25, 0.3) is 0 Å². The number of anilines is 2. The Morgan fingerprint density at radius 1 is 1.13 bits per heavy atom. The first kappa shape index (κ1) is 8.29. The summed E-state index contributed by atoms with van der Waals surface area (Å²) in [7, 11) is 0. The molecule has 2 aromatic rings. The van der Waals surface area contributed by atoms with Gasteiger partial charge in [0.25, 0.3) is 0 Å². The quantitative estimate of drug-likeness (QED) is 0.748. The number of H-pyrrole nitrogens is 1. The van der Waals surface area contributed by atoms with Crippen LogP contribution in [0.3, 0.4) is 0 Å². The van der Waals surface area contributed by atoms with E-state index in [2.05, 4.69) is 33.1 Å². The summed E-state index contributed by atoms with van der Waals surface area (Å²) >= 11 is 0. The molecule has 1 aliphatic rings. The first-order chi connectivity index (χ1) is 7.45. The lowest BCUT2D eigenvalue weighted by Gasteiger charge is -2.25.